The van der Waals surface area contributed by atoms with Gasteiger partial charge in [0.15, 0.2) is 0 Å². The van der Waals surface area contributed by atoms with Crippen molar-refractivity contribution in [3.8, 4) is 0 Å². The second-order valence-corrected chi connectivity index (χ2v) is 6.78. The second-order valence-electron chi connectivity index (χ2n) is 6.78. The van der Waals surface area contributed by atoms with E-state index in [4.69, 9.17) is 0 Å². The molecule has 112 valence electrons. The van der Waals surface area contributed by atoms with Crippen molar-refractivity contribution in [3.63, 3.8) is 0 Å². The number of benzene rings is 2. The molecule has 1 heteroatoms. The predicted molar refractivity (Wildman–Crippen MR) is 102 cm³/mol. The first kappa shape index (κ1) is 16.8. The molecule has 0 amide bonds. The van der Waals surface area contributed by atoms with Crippen LogP contribution in [0.3, 0.4) is 0 Å². The first-order valence-electron chi connectivity index (χ1n) is 8.22. The molecule has 4 rings (SSSR count). The molecule has 0 fully saturated rings. The van der Waals surface area contributed by atoms with E-state index in [-0.39, 0.29) is 29.6 Å². The van der Waals surface area contributed by atoms with Gasteiger partial charge in [-0.1, -0.05) is 67.6 Å². The van der Waals surface area contributed by atoms with Gasteiger partial charge in [0, 0.05) is 11.8 Å². The summed E-state index contributed by atoms with van der Waals surface area (Å²) in [6.45, 7) is 6.83. The Labute approximate surface area is 161 Å². The van der Waals surface area contributed by atoms with Crippen molar-refractivity contribution in [2.24, 2.45) is 5.92 Å². The minimum atomic E-state index is 0. The van der Waals surface area contributed by atoms with Crippen LogP contribution >= 0.6 is 0 Å². The van der Waals surface area contributed by atoms with Crippen LogP contribution in [0.1, 0.15) is 52.1 Å². The van der Waals surface area contributed by atoms with E-state index in [0.29, 0.717) is 17.8 Å². The van der Waals surface area contributed by atoms with Gasteiger partial charge in [-0.05, 0) is 53.1 Å². The molecule has 0 spiro atoms. The summed E-state index contributed by atoms with van der Waals surface area (Å²) >= 11 is 0. The molecule has 2 unspecified atom stereocenters. The van der Waals surface area contributed by atoms with E-state index in [9.17, 15) is 0 Å². The van der Waals surface area contributed by atoms with Crippen LogP contribution in [0.25, 0.3) is 12.2 Å². The maximum atomic E-state index is 2.41. The van der Waals surface area contributed by atoms with Crippen LogP contribution in [0.2, 0.25) is 0 Å². The zero-order valence-corrected chi connectivity index (χ0v) is 13.5. The molecule has 0 aliphatic heterocycles. The van der Waals surface area contributed by atoms with Crippen molar-refractivity contribution in [2.75, 3.05) is 0 Å². The van der Waals surface area contributed by atoms with E-state index in [0.717, 1.165) is 0 Å². The van der Waals surface area contributed by atoms with Crippen molar-refractivity contribution in [1.29, 1.82) is 0 Å². The minimum absolute atomic E-state index is 0. The summed E-state index contributed by atoms with van der Waals surface area (Å²) in [5.74, 6) is 1.63. The SMILES string of the molecule is Cc1cccc2c1C=CC2C(C)C1C=Cc2c(C)cccc21.[NaH]. The summed E-state index contributed by atoms with van der Waals surface area (Å²) in [4.78, 5) is 0. The normalized spacial score (nSPS) is 21.7. The average molecular weight is 310 g/mol. The number of hydrogen-bond acceptors (Lipinski definition) is 0. The number of fused-ring (bicyclic) bond motifs is 2. The fourth-order valence-corrected chi connectivity index (χ4v) is 4.19. The molecule has 23 heavy (non-hydrogen) atoms. The van der Waals surface area contributed by atoms with Crippen LogP contribution < -0.4 is 0 Å². The fraction of sp³-hybridized carbons (Fsp3) is 0.273. The molecule has 2 aromatic rings. The van der Waals surface area contributed by atoms with Gasteiger partial charge in [0.1, 0.15) is 0 Å². The third-order valence-electron chi connectivity index (χ3n) is 5.51. The number of hydrogen-bond donors (Lipinski definition) is 0. The van der Waals surface area contributed by atoms with Crippen LogP contribution in [0.5, 0.6) is 0 Å². The first-order valence-corrected chi connectivity index (χ1v) is 8.22. The number of aryl methyl sites for hydroxylation is 2. The zero-order chi connectivity index (χ0) is 15.3. The Morgan fingerprint density at radius 2 is 1.17 bits per heavy atom. The Morgan fingerprint density at radius 3 is 1.61 bits per heavy atom. The monoisotopic (exact) mass is 310 g/mol. The summed E-state index contributed by atoms with van der Waals surface area (Å²) in [7, 11) is 0. The number of allylic oxidation sites excluding steroid dienone is 2. The van der Waals surface area contributed by atoms with Crippen molar-refractivity contribution >= 4 is 41.7 Å². The van der Waals surface area contributed by atoms with Gasteiger partial charge in [-0.2, -0.15) is 0 Å². The Bertz CT molecular complexity index is 730. The molecule has 0 heterocycles. The van der Waals surface area contributed by atoms with Gasteiger partial charge in [0.05, 0.1) is 0 Å². The van der Waals surface area contributed by atoms with Gasteiger partial charge in [-0.15, -0.1) is 0 Å². The van der Waals surface area contributed by atoms with E-state index in [1.54, 1.807) is 0 Å². The van der Waals surface area contributed by atoms with Gasteiger partial charge in [0.2, 0.25) is 0 Å². The zero-order valence-electron chi connectivity index (χ0n) is 13.5. The molecule has 0 radical (unpaired) electrons. The van der Waals surface area contributed by atoms with Gasteiger partial charge in [0.25, 0.3) is 0 Å². The summed E-state index contributed by atoms with van der Waals surface area (Å²) in [5.41, 5.74) is 8.66. The summed E-state index contributed by atoms with van der Waals surface area (Å²) < 4.78 is 0. The molecule has 0 nitrogen and oxygen atoms in total. The van der Waals surface area contributed by atoms with Crippen LogP contribution in [0, 0.1) is 19.8 Å². The maximum absolute atomic E-state index is 2.41. The van der Waals surface area contributed by atoms with E-state index in [1.807, 2.05) is 0 Å². The van der Waals surface area contributed by atoms with Gasteiger partial charge in [-0.25, -0.2) is 0 Å². The molecule has 2 aromatic carbocycles. The molecular weight excluding hydrogens is 287 g/mol. The quantitative estimate of drug-likeness (QED) is 0.668. The van der Waals surface area contributed by atoms with Crippen molar-refractivity contribution in [2.45, 2.75) is 32.6 Å². The molecule has 0 aromatic heterocycles. The fourth-order valence-electron chi connectivity index (χ4n) is 4.19. The molecule has 0 bridgehead atoms. The van der Waals surface area contributed by atoms with Crippen molar-refractivity contribution in [1.82, 2.24) is 0 Å². The standard InChI is InChI=1S/C22H22.Na.H/c1-14-6-4-8-21-17(14)10-12-19(21)16(3)20-13-11-18-15(2)7-5-9-22(18)20;;/h4-13,16,19-20H,1-3H3;;. The molecule has 0 saturated carbocycles. The van der Waals surface area contributed by atoms with Crippen molar-refractivity contribution in [3.05, 3.63) is 81.9 Å². The van der Waals surface area contributed by atoms with Gasteiger partial charge >= 0.3 is 29.6 Å². The van der Waals surface area contributed by atoms with Crippen LogP contribution in [-0.4, -0.2) is 29.6 Å². The van der Waals surface area contributed by atoms with Gasteiger partial charge < -0.3 is 0 Å². The topological polar surface area (TPSA) is 0 Å². The first-order chi connectivity index (χ1) is 10.7. The van der Waals surface area contributed by atoms with Crippen LogP contribution in [0.4, 0.5) is 0 Å². The van der Waals surface area contributed by atoms with Gasteiger partial charge in [-0.3, -0.25) is 0 Å². The summed E-state index contributed by atoms with van der Waals surface area (Å²) in [6.07, 6.45) is 9.46. The van der Waals surface area contributed by atoms with Crippen LogP contribution in [-0.2, 0) is 0 Å². The Hall–Kier alpha value is -1.08. The van der Waals surface area contributed by atoms with Crippen molar-refractivity contribution < 1.29 is 0 Å². The molecule has 0 saturated heterocycles. The third-order valence-corrected chi connectivity index (χ3v) is 5.51. The molecule has 2 aliphatic rings. The van der Waals surface area contributed by atoms with E-state index >= 15 is 0 Å². The van der Waals surface area contributed by atoms with E-state index in [2.05, 4.69) is 81.5 Å². The molecular formula is C22H23Na. The predicted octanol–water partition coefficient (Wildman–Crippen LogP) is 5.21. The van der Waals surface area contributed by atoms with E-state index < -0.39 is 0 Å². The summed E-state index contributed by atoms with van der Waals surface area (Å²) in [6, 6.07) is 13.4. The molecule has 0 N–H and O–H groups in total. The average Bonchev–Trinajstić information content (AvgIpc) is 3.12. The Balaban J connectivity index is 0.00000156. The second kappa shape index (κ2) is 6.43. The Morgan fingerprint density at radius 1 is 0.739 bits per heavy atom. The van der Waals surface area contributed by atoms with Crippen LogP contribution in [0.15, 0.2) is 48.6 Å². The molecule has 2 aliphatic carbocycles. The van der Waals surface area contributed by atoms with E-state index in [1.165, 1.54) is 33.4 Å². The third kappa shape index (κ3) is 2.67. The summed E-state index contributed by atoms with van der Waals surface area (Å²) in [5, 5.41) is 0. The number of rotatable bonds is 2. The molecule has 2 atom stereocenters. The Kier molecular flexibility index (Phi) is 4.69.